The summed E-state index contributed by atoms with van der Waals surface area (Å²) in [5.41, 5.74) is 4.06. The summed E-state index contributed by atoms with van der Waals surface area (Å²) in [6.45, 7) is 5.82. The second-order valence-corrected chi connectivity index (χ2v) is 3.54. The van der Waals surface area contributed by atoms with E-state index in [1.165, 1.54) is 6.08 Å². The van der Waals surface area contributed by atoms with Crippen LogP contribution < -0.4 is 0 Å². The maximum atomic E-state index is 10.5. The molecule has 0 atom stereocenters. The molecular weight excluding hydrogens is 176 g/mol. The number of hydrogen-bond acceptors (Lipinski definition) is 1. The molecule has 0 aliphatic carbocycles. The van der Waals surface area contributed by atoms with Gasteiger partial charge in [0.25, 0.3) is 0 Å². The molecule has 0 spiro atoms. The van der Waals surface area contributed by atoms with Crippen LogP contribution in [0.1, 0.15) is 23.6 Å². The van der Waals surface area contributed by atoms with Crippen molar-refractivity contribution in [3.63, 3.8) is 0 Å². The molecule has 0 saturated carbocycles. The summed E-state index contributed by atoms with van der Waals surface area (Å²) in [6, 6.07) is 6.04. The van der Waals surface area contributed by atoms with Crippen LogP contribution in [0.15, 0.2) is 24.3 Å². The SMILES string of the molecule is C/C(=C/C(=O)O)c1cc(C)cc(C)c1. The van der Waals surface area contributed by atoms with Gasteiger partial charge in [0.1, 0.15) is 0 Å². The van der Waals surface area contributed by atoms with E-state index >= 15 is 0 Å². The van der Waals surface area contributed by atoms with Crippen LogP contribution >= 0.6 is 0 Å². The maximum absolute atomic E-state index is 10.5. The molecule has 0 aromatic heterocycles. The average Bonchev–Trinajstić information content (AvgIpc) is 2.00. The zero-order chi connectivity index (χ0) is 10.7. The van der Waals surface area contributed by atoms with Crippen LogP contribution in [0.5, 0.6) is 0 Å². The molecule has 0 aliphatic heterocycles. The monoisotopic (exact) mass is 190 g/mol. The highest BCUT2D eigenvalue weighted by atomic mass is 16.4. The van der Waals surface area contributed by atoms with E-state index in [1.54, 1.807) is 0 Å². The zero-order valence-electron chi connectivity index (χ0n) is 8.66. The smallest absolute Gasteiger partial charge is 0.328 e. The van der Waals surface area contributed by atoms with Gasteiger partial charge >= 0.3 is 5.97 Å². The van der Waals surface area contributed by atoms with Gasteiger partial charge in [0, 0.05) is 6.08 Å². The van der Waals surface area contributed by atoms with Gasteiger partial charge in [0.05, 0.1) is 0 Å². The Morgan fingerprint density at radius 1 is 1.21 bits per heavy atom. The summed E-state index contributed by atoms with van der Waals surface area (Å²) < 4.78 is 0. The van der Waals surface area contributed by atoms with Crippen molar-refractivity contribution in [2.45, 2.75) is 20.8 Å². The highest BCUT2D eigenvalue weighted by molar-refractivity contribution is 5.89. The predicted molar refractivity (Wildman–Crippen MR) is 57.2 cm³/mol. The van der Waals surface area contributed by atoms with Gasteiger partial charge in [-0.1, -0.05) is 29.3 Å². The van der Waals surface area contributed by atoms with E-state index in [-0.39, 0.29) is 0 Å². The number of carbonyl (C=O) groups is 1. The fourth-order valence-electron chi connectivity index (χ4n) is 1.47. The first-order valence-corrected chi connectivity index (χ1v) is 4.49. The Morgan fingerprint density at radius 2 is 1.71 bits per heavy atom. The molecule has 2 nitrogen and oxygen atoms in total. The number of aryl methyl sites for hydroxylation is 2. The summed E-state index contributed by atoms with van der Waals surface area (Å²) in [5.74, 6) is -0.901. The van der Waals surface area contributed by atoms with E-state index in [0.717, 1.165) is 22.3 Å². The first-order chi connectivity index (χ1) is 6.49. The van der Waals surface area contributed by atoms with Crippen molar-refractivity contribution >= 4 is 11.5 Å². The molecule has 14 heavy (non-hydrogen) atoms. The van der Waals surface area contributed by atoms with Crippen LogP contribution in [0, 0.1) is 13.8 Å². The minimum Gasteiger partial charge on any atom is -0.478 e. The molecule has 0 bridgehead atoms. The minimum absolute atomic E-state index is 0.782. The van der Waals surface area contributed by atoms with E-state index in [4.69, 9.17) is 5.11 Å². The van der Waals surface area contributed by atoms with E-state index in [9.17, 15) is 4.79 Å². The van der Waals surface area contributed by atoms with Crippen molar-refractivity contribution in [3.05, 3.63) is 41.0 Å². The number of carboxylic acid groups (broad SMARTS) is 1. The van der Waals surface area contributed by atoms with Gasteiger partial charge in [0.15, 0.2) is 0 Å². The summed E-state index contributed by atoms with van der Waals surface area (Å²) in [4.78, 5) is 10.5. The van der Waals surface area contributed by atoms with Gasteiger partial charge in [-0.15, -0.1) is 0 Å². The first-order valence-electron chi connectivity index (χ1n) is 4.49. The third-order valence-corrected chi connectivity index (χ3v) is 2.02. The van der Waals surface area contributed by atoms with Crippen LogP contribution in [-0.4, -0.2) is 11.1 Å². The Labute approximate surface area is 83.9 Å². The molecule has 0 amide bonds. The Morgan fingerprint density at radius 3 is 2.14 bits per heavy atom. The van der Waals surface area contributed by atoms with Gasteiger partial charge < -0.3 is 5.11 Å². The second kappa shape index (κ2) is 4.09. The van der Waals surface area contributed by atoms with Gasteiger partial charge in [-0.2, -0.15) is 0 Å². The van der Waals surface area contributed by atoms with Crippen molar-refractivity contribution in [2.24, 2.45) is 0 Å². The molecule has 0 unspecified atom stereocenters. The van der Waals surface area contributed by atoms with Crippen molar-refractivity contribution in [3.8, 4) is 0 Å². The van der Waals surface area contributed by atoms with Gasteiger partial charge in [0.2, 0.25) is 0 Å². The molecule has 1 aromatic carbocycles. The standard InChI is InChI=1S/C12H14O2/c1-8-4-9(2)6-11(5-8)10(3)7-12(13)14/h4-7H,1-3H3,(H,13,14)/b10-7-. The van der Waals surface area contributed by atoms with Crippen LogP contribution in [0.2, 0.25) is 0 Å². The highest BCUT2D eigenvalue weighted by Gasteiger charge is 2.00. The second-order valence-electron chi connectivity index (χ2n) is 3.54. The van der Waals surface area contributed by atoms with Crippen LogP contribution in [0.4, 0.5) is 0 Å². The molecule has 0 radical (unpaired) electrons. The molecule has 1 rings (SSSR count). The zero-order valence-corrected chi connectivity index (χ0v) is 8.66. The number of rotatable bonds is 2. The molecule has 2 heteroatoms. The van der Waals surface area contributed by atoms with Crippen LogP contribution in [0.25, 0.3) is 5.57 Å². The fraction of sp³-hybridized carbons (Fsp3) is 0.250. The van der Waals surface area contributed by atoms with Gasteiger partial charge in [-0.25, -0.2) is 4.79 Å². The van der Waals surface area contributed by atoms with Crippen molar-refractivity contribution in [1.29, 1.82) is 0 Å². The number of allylic oxidation sites excluding steroid dienone is 1. The van der Waals surface area contributed by atoms with Crippen molar-refractivity contribution in [2.75, 3.05) is 0 Å². The normalized spacial score (nSPS) is 11.5. The number of hydrogen-bond donors (Lipinski definition) is 1. The van der Waals surface area contributed by atoms with Gasteiger partial charge in [-0.3, -0.25) is 0 Å². The lowest BCUT2D eigenvalue weighted by molar-refractivity contribution is -0.131. The Bertz CT molecular complexity index is 369. The molecule has 74 valence electrons. The summed E-state index contributed by atoms with van der Waals surface area (Å²) >= 11 is 0. The number of carboxylic acids is 1. The van der Waals surface area contributed by atoms with Crippen LogP contribution in [-0.2, 0) is 4.79 Å². The largest absolute Gasteiger partial charge is 0.478 e. The molecule has 1 aromatic rings. The molecule has 1 N–H and O–H groups in total. The van der Waals surface area contributed by atoms with E-state index < -0.39 is 5.97 Å². The summed E-state index contributed by atoms with van der Waals surface area (Å²) in [5, 5.41) is 8.61. The Kier molecular flexibility index (Phi) is 3.07. The quantitative estimate of drug-likeness (QED) is 0.728. The molecule has 0 heterocycles. The van der Waals surface area contributed by atoms with E-state index in [2.05, 4.69) is 6.07 Å². The van der Waals surface area contributed by atoms with Gasteiger partial charge in [-0.05, 0) is 31.9 Å². The summed E-state index contributed by atoms with van der Waals surface area (Å²) in [6.07, 6.45) is 1.23. The number of benzene rings is 1. The van der Waals surface area contributed by atoms with Crippen LogP contribution in [0.3, 0.4) is 0 Å². The lowest BCUT2D eigenvalue weighted by atomic mass is 10.0. The summed E-state index contributed by atoms with van der Waals surface area (Å²) in [7, 11) is 0. The first kappa shape index (κ1) is 10.5. The molecule has 0 saturated heterocycles. The van der Waals surface area contributed by atoms with E-state index in [1.807, 2.05) is 32.9 Å². The topological polar surface area (TPSA) is 37.3 Å². The predicted octanol–water partition coefficient (Wildman–Crippen LogP) is 2.79. The Hall–Kier alpha value is -1.57. The fourth-order valence-corrected chi connectivity index (χ4v) is 1.47. The van der Waals surface area contributed by atoms with Crippen molar-refractivity contribution in [1.82, 2.24) is 0 Å². The lowest BCUT2D eigenvalue weighted by Crippen LogP contribution is -1.91. The number of aliphatic carboxylic acids is 1. The lowest BCUT2D eigenvalue weighted by Gasteiger charge is -2.04. The third-order valence-electron chi connectivity index (χ3n) is 2.02. The highest BCUT2D eigenvalue weighted by Crippen LogP contribution is 2.17. The minimum atomic E-state index is -0.901. The van der Waals surface area contributed by atoms with E-state index in [0.29, 0.717) is 0 Å². The molecule has 0 aliphatic rings. The average molecular weight is 190 g/mol. The van der Waals surface area contributed by atoms with Crippen molar-refractivity contribution < 1.29 is 9.90 Å². The maximum Gasteiger partial charge on any atom is 0.328 e. The third kappa shape index (κ3) is 2.73. The molecule has 0 fully saturated rings. The Balaban J connectivity index is 3.13. The molecular formula is C12H14O2.